The first-order chi connectivity index (χ1) is 8.47. The van der Waals surface area contributed by atoms with E-state index in [0.717, 1.165) is 21.4 Å². The van der Waals surface area contributed by atoms with Gasteiger partial charge >= 0.3 is 0 Å². The maximum Gasteiger partial charge on any atom is 0.270 e. The van der Waals surface area contributed by atoms with Crippen LogP contribution in [0.1, 0.15) is 5.56 Å². The molecule has 1 aromatic carbocycles. The van der Waals surface area contributed by atoms with Gasteiger partial charge in [-0.25, -0.2) is 13.1 Å². The van der Waals surface area contributed by atoms with Gasteiger partial charge in [-0.1, -0.05) is 39.4 Å². The second kappa shape index (κ2) is 5.31. The van der Waals surface area contributed by atoms with Crippen molar-refractivity contribution < 1.29 is 8.42 Å². The predicted octanol–water partition coefficient (Wildman–Crippen LogP) is 1.36. The van der Waals surface area contributed by atoms with E-state index in [1.165, 1.54) is 0 Å². The number of benzene rings is 1. The summed E-state index contributed by atoms with van der Waals surface area (Å²) in [4.78, 5) is 0. The maximum absolute atomic E-state index is 11.8. The smallest absolute Gasteiger partial charge is 0.270 e. The number of nitrogens with two attached hydrogens (primary N) is 1. The van der Waals surface area contributed by atoms with Gasteiger partial charge in [0, 0.05) is 11.0 Å². The lowest BCUT2D eigenvalue weighted by Gasteiger charge is -2.03. The van der Waals surface area contributed by atoms with Crippen LogP contribution in [0.25, 0.3) is 0 Å². The molecule has 0 saturated heterocycles. The number of hydrogen-bond donors (Lipinski definition) is 2. The van der Waals surface area contributed by atoms with Crippen molar-refractivity contribution in [3.8, 4) is 0 Å². The number of halogens is 1. The maximum atomic E-state index is 11.8. The minimum absolute atomic E-state index is 0.123. The molecule has 0 aliphatic carbocycles. The van der Waals surface area contributed by atoms with E-state index in [0.29, 0.717) is 0 Å². The zero-order chi connectivity index (χ0) is 13.2. The van der Waals surface area contributed by atoms with E-state index < -0.39 is 10.0 Å². The fourth-order valence-electron chi connectivity index (χ4n) is 1.22. The molecule has 2 rings (SSSR count). The third-order valence-electron chi connectivity index (χ3n) is 2.01. The Balaban J connectivity index is 2.10. The Bertz CT molecular complexity index is 656. The Morgan fingerprint density at radius 1 is 1.39 bits per heavy atom. The van der Waals surface area contributed by atoms with Crippen LogP contribution in [-0.4, -0.2) is 18.6 Å². The first kappa shape index (κ1) is 13.4. The molecule has 9 heteroatoms. The largest absolute Gasteiger partial charge is 0.374 e. The van der Waals surface area contributed by atoms with Gasteiger partial charge in [-0.15, -0.1) is 10.2 Å². The van der Waals surface area contributed by atoms with Gasteiger partial charge in [0.05, 0.1) is 0 Å². The third kappa shape index (κ3) is 3.25. The molecule has 0 saturated carbocycles. The Morgan fingerprint density at radius 3 is 2.78 bits per heavy atom. The van der Waals surface area contributed by atoms with Crippen LogP contribution in [0.15, 0.2) is 33.1 Å². The topological polar surface area (TPSA) is 98.0 Å². The molecule has 1 aromatic heterocycles. The van der Waals surface area contributed by atoms with Crippen LogP contribution in [0.4, 0.5) is 5.13 Å². The number of sulfonamides is 1. The molecule has 0 atom stereocenters. The highest BCUT2D eigenvalue weighted by Crippen LogP contribution is 2.17. The number of hydrogen-bond acceptors (Lipinski definition) is 6. The van der Waals surface area contributed by atoms with E-state index in [-0.39, 0.29) is 16.0 Å². The van der Waals surface area contributed by atoms with Crippen LogP contribution in [0.3, 0.4) is 0 Å². The van der Waals surface area contributed by atoms with Gasteiger partial charge < -0.3 is 5.73 Å². The van der Waals surface area contributed by atoms with Gasteiger partial charge in [0.15, 0.2) is 0 Å². The van der Waals surface area contributed by atoms with Crippen molar-refractivity contribution >= 4 is 42.4 Å². The molecule has 6 nitrogen and oxygen atoms in total. The summed E-state index contributed by atoms with van der Waals surface area (Å²) in [6, 6.07) is 7.35. The molecular formula is C9H9BrN4O2S2. The Hall–Kier alpha value is -1.03. The number of nitrogens with zero attached hydrogens (tertiary/aromatic N) is 2. The van der Waals surface area contributed by atoms with Gasteiger partial charge in [0.2, 0.25) is 9.47 Å². The molecular weight excluding hydrogens is 340 g/mol. The molecule has 0 fully saturated rings. The lowest BCUT2D eigenvalue weighted by atomic mass is 10.2. The van der Waals surface area contributed by atoms with Crippen LogP contribution in [0.2, 0.25) is 0 Å². The fraction of sp³-hybridized carbons (Fsp3) is 0.111. The summed E-state index contributed by atoms with van der Waals surface area (Å²) in [5.74, 6) is 0. The van der Waals surface area contributed by atoms with Gasteiger partial charge in [-0.05, 0) is 17.7 Å². The molecule has 96 valence electrons. The standard InChI is InChI=1S/C9H9BrN4O2S2/c10-7-3-1-2-6(4-7)5-12-18(15,16)9-14-13-8(11)17-9/h1-4,12H,5H2,(H2,11,13). The molecule has 0 spiro atoms. The van der Waals surface area contributed by atoms with Gasteiger partial charge in [0.1, 0.15) is 0 Å². The van der Waals surface area contributed by atoms with Crippen molar-refractivity contribution in [1.82, 2.24) is 14.9 Å². The van der Waals surface area contributed by atoms with E-state index in [9.17, 15) is 8.42 Å². The van der Waals surface area contributed by atoms with Crippen LogP contribution in [0.5, 0.6) is 0 Å². The molecule has 18 heavy (non-hydrogen) atoms. The number of rotatable bonds is 4. The highest BCUT2D eigenvalue weighted by Gasteiger charge is 2.18. The van der Waals surface area contributed by atoms with E-state index in [1.807, 2.05) is 24.3 Å². The predicted molar refractivity (Wildman–Crippen MR) is 72.5 cm³/mol. The molecule has 0 amide bonds. The fourth-order valence-corrected chi connectivity index (χ4v) is 3.51. The zero-order valence-corrected chi connectivity index (χ0v) is 12.2. The Kier molecular flexibility index (Phi) is 3.95. The number of nitrogens with one attached hydrogen (secondary N) is 1. The van der Waals surface area contributed by atoms with E-state index >= 15 is 0 Å². The van der Waals surface area contributed by atoms with Crippen LogP contribution in [-0.2, 0) is 16.6 Å². The zero-order valence-electron chi connectivity index (χ0n) is 9.00. The van der Waals surface area contributed by atoms with Gasteiger partial charge in [-0.3, -0.25) is 0 Å². The molecule has 0 aliphatic rings. The lowest BCUT2D eigenvalue weighted by Crippen LogP contribution is -2.23. The average Bonchev–Trinajstić information content (AvgIpc) is 2.74. The molecule has 0 unspecified atom stereocenters. The first-order valence-corrected chi connectivity index (χ1v) is 7.90. The SMILES string of the molecule is Nc1nnc(S(=O)(=O)NCc2cccc(Br)c2)s1. The molecule has 0 radical (unpaired) electrons. The monoisotopic (exact) mass is 348 g/mol. The molecule has 3 N–H and O–H groups in total. The molecule has 2 aromatic rings. The average molecular weight is 349 g/mol. The van der Waals surface area contributed by atoms with Crippen LogP contribution < -0.4 is 10.5 Å². The Labute approximate surface area is 116 Å². The van der Waals surface area contributed by atoms with Crippen LogP contribution in [0, 0.1) is 0 Å². The normalized spacial score (nSPS) is 11.6. The summed E-state index contributed by atoms with van der Waals surface area (Å²) >= 11 is 4.15. The number of anilines is 1. The second-order valence-corrected chi connectivity index (χ2v) is 7.23. The van der Waals surface area contributed by atoms with Crippen molar-refractivity contribution in [1.29, 1.82) is 0 Å². The van der Waals surface area contributed by atoms with Crippen molar-refractivity contribution in [2.45, 2.75) is 10.9 Å². The molecule has 0 aliphatic heterocycles. The minimum Gasteiger partial charge on any atom is -0.374 e. The van der Waals surface area contributed by atoms with Crippen molar-refractivity contribution in [3.05, 3.63) is 34.3 Å². The highest BCUT2D eigenvalue weighted by atomic mass is 79.9. The van der Waals surface area contributed by atoms with Gasteiger partial charge in [0.25, 0.3) is 10.0 Å². The molecule has 0 bridgehead atoms. The Morgan fingerprint density at radius 2 is 2.17 bits per heavy atom. The molecule has 1 heterocycles. The van der Waals surface area contributed by atoms with Crippen LogP contribution >= 0.6 is 27.3 Å². The number of aromatic nitrogens is 2. The summed E-state index contributed by atoms with van der Waals surface area (Å²) < 4.78 is 26.9. The van der Waals surface area contributed by atoms with E-state index in [1.54, 1.807) is 0 Å². The summed E-state index contributed by atoms with van der Waals surface area (Å²) in [5, 5.41) is 7.10. The van der Waals surface area contributed by atoms with Crippen molar-refractivity contribution in [3.63, 3.8) is 0 Å². The second-order valence-electron chi connectivity index (χ2n) is 3.36. The van der Waals surface area contributed by atoms with Crippen molar-refractivity contribution in [2.24, 2.45) is 0 Å². The van der Waals surface area contributed by atoms with Gasteiger partial charge in [-0.2, -0.15) is 0 Å². The van der Waals surface area contributed by atoms with Crippen molar-refractivity contribution in [2.75, 3.05) is 5.73 Å². The summed E-state index contributed by atoms with van der Waals surface area (Å²) in [6.45, 7) is 0.182. The first-order valence-electron chi connectivity index (χ1n) is 4.80. The summed E-state index contributed by atoms with van der Waals surface area (Å²) in [5.41, 5.74) is 6.19. The summed E-state index contributed by atoms with van der Waals surface area (Å²) in [6.07, 6.45) is 0. The quantitative estimate of drug-likeness (QED) is 0.869. The lowest BCUT2D eigenvalue weighted by molar-refractivity contribution is 0.579. The highest BCUT2D eigenvalue weighted by molar-refractivity contribution is 9.10. The number of nitrogen functional groups attached to an aromatic ring is 1. The van der Waals surface area contributed by atoms with E-state index in [4.69, 9.17) is 5.73 Å². The minimum atomic E-state index is -3.65. The summed E-state index contributed by atoms with van der Waals surface area (Å²) in [7, 11) is -3.65. The third-order valence-corrected chi connectivity index (χ3v) is 5.02. The van der Waals surface area contributed by atoms with E-state index in [2.05, 4.69) is 30.8 Å².